The molecule has 2 rings (SSSR count). The van der Waals surface area contributed by atoms with Gasteiger partial charge in [0.15, 0.2) is 0 Å². The molecule has 2 aromatic rings. The molecule has 0 aromatic heterocycles. The first-order chi connectivity index (χ1) is 10.4. The molecule has 0 atom stereocenters. The summed E-state index contributed by atoms with van der Waals surface area (Å²) in [4.78, 5) is 11.4. The number of halogens is 3. The fraction of sp³-hybridized carbons (Fsp3) is 0.133. The largest absolute Gasteiger partial charge is 0.489 e. The van der Waals surface area contributed by atoms with Gasteiger partial charge in [-0.3, -0.25) is 10.2 Å². The number of carbonyl (C=O) groups excluding carboxylic acids is 1. The predicted octanol–water partition coefficient (Wildman–Crippen LogP) is 2.89. The fourth-order valence-corrected chi connectivity index (χ4v) is 1.86. The van der Waals surface area contributed by atoms with Gasteiger partial charge in [0.05, 0.1) is 11.1 Å². The molecular formula is C15H13F3N2O2. The Labute approximate surface area is 124 Å². The molecule has 22 heavy (non-hydrogen) atoms. The Bertz CT molecular complexity index is 658. The lowest BCUT2D eigenvalue weighted by Crippen LogP contribution is -2.31. The second kappa shape index (κ2) is 6.48. The zero-order chi connectivity index (χ0) is 16.2. The number of benzene rings is 2. The number of hydrazine groups is 1. The van der Waals surface area contributed by atoms with Crippen LogP contribution in [0.1, 0.15) is 21.5 Å². The maximum Gasteiger partial charge on any atom is 0.417 e. The average molecular weight is 310 g/mol. The first-order valence-corrected chi connectivity index (χ1v) is 6.30. The van der Waals surface area contributed by atoms with Gasteiger partial charge in [0.1, 0.15) is 12.4 Å². The van der Waals surface area contributed by atoms with Crippen molar-refractivity contribution in [3.63, 3.8) is 0 Å². The van der Waals surface area contributed by atoms with E-state index in [4.69, 9.17) is 10.6 Å². The Hall–Kier alpha value is -2.54. The first kappa shape index (κ1) is 15.8. The molecule has 0 radical (unpaired) electrons. The van der Waals surface area contributed by atoms with Gasteiger partial charge in [-0.05, 0) is 23.8 Å². The summed E-state index contributed by atoms with van der Waals surface area (Å²) in [5.41, 5.74) is 0.861. The molecule has 1 amide bonds. The number of hydrogen-bond acceptors (Lipinski definition) is 3. The van der Waals surface area contributed by atoms with E-state index in [-0.39, 0.29) is 12.4 Å². The van der Waals surface area contributed by atoms with Crippen LogP contribution in [0.15, 0.2) is 48.5 Å². The van der Waals surface area contributed by atoms with Crippen LogP contribution in [-0.4, -0.2) is 5.91 Å². The lowest BCUT2D eigenvalue weighted by Gasteiger charge is -2.14. The van der Waals surface area contributed by atoms with E-state index in [1.54, 1.807) is 29.7 Å². The van der Waals surface area contributed by atoms with Gasteiger partial charge in [-0.15, -0.1) is 0 Å². The molecule has 0 fully saturated rings. The Balaban J connectivity index is 2.25. The standard InChI is InChI=1S/C15H13F3N2O2/c16-15(17,18)13-8-11(6-7-12(13)14(21)20-19)22-9-10-4-2-1-3-5-10/h1-8H,9,19H2,(H,20,21). The summed E-state index contributed by atoms with van der Waals surface area (Å²) >= 11 is 0. The average Bonchev–Trinajstić information content (AvgIpc) is 2.52. The van der Waals surface area contributed by atoms with Gasteiger partial charge in [0.2, 0.25) is 0 Å². The van der Waals surface area contributed by atoms with Crippen molar-refractivity contribution in [1.82, 2.24) is 5.43 Å². The first-order valence-electron chi connectivity index (χ1n) is 6.30. The summed E-state index contributed by atoms with van der Waals surface area (Å²) in [6, 6.07) is 12.1. The van der Waals surface area contributed by atoms with Crippen molar-refractivity contribution in [3.05, 3.63) is 65.2 Å². The molecule has 0 aliphatic heterocycles. The molecule has 0 unspecified atom stereocenters. The van der Waals surface area contributed by atoms with Crippen molar-refractivity contribution in [3.8, 4) is 5.75 Å². The minimum Gasteiger partial charge on any atom is -0.489 e. The van der Waals surface area contributed by atoms with Crippen molar-refractivity contribution in [1.29, 1.82) is 0 Å². The van der Waals surface area contributed by atoms with Gasteiger partial charge in [0.25, 0.3) is 5.91 Å². The summed E-state index contributed by atoms with van der Waals surface area (Å²) < 4.78 is 44.4. The molecule has 116 valence electrons. The van der Waals surface area contributed by atoms with Crippen LogP contribution in [0.5, 0.6) is 5.75 Å². The summed E-state index contributed by atoms with van der Waals surface area (Å²) in [5, 5.41) is 0. The van der Waals surface area contributed by atoms with E-state index < -0.39 is 23.2 Å². The van der Waals surface area contributed by atoms with Crippen LogP contribution in [-0.2, 0) is 12.8 Å². The Kier molecular flexibility index (Phi) is 4.67. The molecule has 4 nitrogen and oxygen atoms in total. The van der Waals surface area contributed by atoms with Crippen LogP contribution in [0, 0.1) is 0 Å². The zero-order valence-corrected chi connectivity index (χ0v) is 11.4. The summed E-state index contributed by atoms with van der Waals surface area (Å²) in [7, 11) is 0. The SMILES string of the molecule is NNC(=O)c1ccc(OCc2ccccc2)cc1C(F)(F)F. The molecule has 0 bridgehead atoms. The number of ether oxygens (including phenoxy) is 1. The molecule has 0 spiro atoms. The highest BCUT2D eigenvalue weighted by Crippen LogP contribution is 2.34. The van der Waals surface area contributed by atoms with E-state index in [0.29, 0.717) is 0 Å². The number of nitrogens with one attached hydrogen (secondary N) is 1. The highest BCUT2D eigenvalue weighted by molar-refractivity contribution is 5.95. The number of amides is 1. The highest BCUT2D eigenvalue weighted by Gasteiger charge is 2.35. The molecule has 0 aliphatic rings. The fourth-order valence-electron chi connectivity index (χ4n) is 1.86. The maximum absolute atomic E-state index is 13.0. The van der Waals surface area contributed by atoms with E-state index in [2.05, 4.69) is 0 Å². The molecular weight excluding hydrogens is 297 g/mol. The van der Waals surface area contributed by atoms with Crippen molar-refractivity contribution in [2.75, 3.05) is 0 Å². The number of nitrogen functional groups attached to an aromatic ring is 1. The monoisotopic (exact) mass is 310 g/mol. The third kappa shape index (κ3) is 3.76. The topological polar surface area (TPSA) is 64.3 Å². The molecule has 3 N–H and O–H groups in total. The second-order valence-electron chi connectivity index (χ2n) is 4.45. The highest BCUT2D eigenvalue weighted by atomic mass is 19.4. The van der Waals surface area contributed by atoms with Crippen molar-refractivity contribution < 1.29 is 22.7 Å². The zero-order valence-electron chi connectivity index (χ0n) is 11.4. The van der Waals surface area contributed by atoms with E-state index in [1.165, 1.54) is 6.07 Å². The van der Waals surface area contributed by atoms with Gasteiger partial charge < -0.3 is 4.74 Å². The molecule has 0 heterocycles. The van der Waals surface area contributed by atoms with Gasteiger partial charge in [-0.2, -0.15) is 13.2 Å². The van der Waals surface area contributed by atoms with Crippen molar-refractivity contribution in [2.24, 2.45) is 5.84 Å². The van der Waals surface area contributed by atoms with E-state index in [9.17, 15) is 18.0 Å². The molecule has 7 heteroatoms. The van der Waals surface area contributed by atoms with Crippen molar-refractivity contribution >= 4 is 5.91 Å². The smallest absolute Gasteiger partial charge is 0.417 e. The molecule has 0 saturated heterocycles. The Morgan fingerprint density at radius 1 is 1.14 bits per heavy atom. The van der Waals surface area contributed by atoms with E-state index in [0.717, 1.165) is 17.7 Å². The van der Waals surface area contributed by atoms with Crippen LogP contribution in [0.2, 0.25) is 0 Å². The minimum absolute atomic E-state index is 0.0183. The number of alkyl halides is 3. The maximum atomic E-state index is 13.0. The second-order valence-corrected chi connectivity index (χ2v) is 4.45. The molecule has 2 aromatic carbocycles. The third-order valence-corrected chi connectivity index (χ3v) is 2.92. The number of rotatable bonds is 4. The number of hydrogen-bond donors (Lipinski definition) is 2. The minimum atomic E-state index is -4.69. The van der Waals surface area contributed by atoms with E-state index >= 15 is 0 Å². The molecule has 0 saturated carbocycles. The third-order valence-electron chi connectivity index (χ3n) is 2.92. The van der Waals surface area contributed by atoms with Gasteiger partial charge in [-0.1, -0.05) is 30.3 Å². The quantitative estimate of drug-likeness (QED) is 0.518. The Morgan fingerprint density at radius 2 is 1.82 bits per heavy atom. The van der Waals surface area contributed by atoms with Gasteiger partial charge in [0, 0.05) is 0 Å². The lowest BCUT2D eigenvalue weighted by molar-refractivity contribution is -0.138. The molecule has 0 aliphatic carbocycles. The summed E-state index contributed by atoms with van der Waals surface area (Å²) in [5.74, 6) is 3.90. The van der Waals surface area contributed by atoms with Crippen LogP contribution in [0.4, 0.5) is 13.2 Å². The number of nitrogens with two attached hydrogens (primary N) is 1. The summed E-state index contributed by atoms with van der Waals surface area (Å²) in [6.45, 7) is 0.126. The summed E-state index contributed by atoms with van der Waals surface area (Å²) in [6.07, 6.45) is -4.69. The normalized spacial score (nSPS) is 11.1. The lowest BCUT2D eigenvalue weighted by atomic mass is 10.1. The Morgan fingerprint density at radius 3 is 2.41 bits per heavy atom. The van der Waals surface area contributed by atoms with Gasteiger partial charge >= 0.3 is 6.18 Å². The van der Waals surface area contributed by atoms with Crippen LogP contribution in [0.3, 0.4) is 0 Å². The van der Waals surface area contributed by atoms with Crippen LogP contribution in [0.25, 0.3) is 0 Å². The van der Waals surface area contributed by atoms with E-state index in [1.807, 2.05) is 6.07 Å². The van der Waals surface area contributed by atoms with Crippen LogP contribution < -0.4 is 16.0 Å². The number of carbonyl (C=O) groups is 1. The van der Waals surface area contributed by atoms with Gasteiger partial charge in [-0.25, -0.2) is 5.84 Å². The predicted molar refractivity (Wildman–Crippen MR) is 73.9 cm³/mol. The van der Waals surface area contributed by atoms with Crippen molar-refractivity contribution in [2.45, 2.75) is 12.8 Å². The van der Waals surface area contributed by atoms with Crippen LogP contribution >= 0.6 is 0 Å².